The van der Waals surface area contributed by atoms with E-state index in [0.29, 0.717) is 10.6 Å². The molecule has 1 aromatic rings. The van der Waals surface area contributed by atoms with Crippen molar-refractivity contribution in [3.05, 3.63) is 28.8 Å². The Morgan fingerprint density at radius 2 is 1.95 bits per heavy atom. The van der Waals surface area contributed by atoms with Gasteiger partial charge in [0.05, 0.1) is 4.90 Å². The fourth-order valence-electron chi connectivity index (χ4n) is 1.58. The number of carboxylic acids is 1. The Bertz CT molecular complexity index is 583. The zero-order chi connectivity index (χ0) is 14.8. The maximum atomic E-state index is 12.2. The molecule has 0 spiro atoms. The summed E-state index contributed by atoms with van der Waals surface area (Å²) in [4.78, 5) is 11.0. The van der Waals surface area contributed by atoms with Crippen molar-refractivity contribution in [3.8, 4) is 0 Å². The van der Waals surface area contributed by atoms with Crippen LogP contribution >= 0.6 is 11.6 Å². The number of carbonyl (C=O) groups is 1. The Morgan fingerprint density at radius 3 is 2.42 bits per heavy atom. The first kappa shape index (κ1) is 15.9. The summed E-state index contributed by atoms with van der Waals surface area (Å²) in [6, 6.07) is 3.30. The highest BCUT2D eigenvalue weighted by Gasteiger charge is 2.29. The zero-order valence-electron chi connectivity index (χ0n) is 10.8. The van der Waals surface area contributed by atoms with Crippen molar-refractivity contribution in [3.63, 3.8) is 0 Å². The molecule has 0 heterocycles. The number of aliphatic carboxylic acids is 1. The van der Waals surface area contributed by atoms with Crippen LogP contribution in [0.5, 0.6) is 0 Å². The summed E-state index contributed by atoms with van der Waals surface area (Å²) in [7, 11) is -3.92. The van der Waals surface area contributed by atoms with Crippen LogP contribution in [-0.2, 0) is 14.8 Å². The molecule has 5 nitrogen and oxygen atoms in total. The second-order valence-electron chi connectivity index (χ2n) is 4.54. The third-order valence-electron chi connectivity index (χ3n) is 2.72. The SMILES string of the molecule is Cc1c(Cl)cccc1S(=O)(=O)N[C@@H](C(=O)O)C(C)C. The van der Waals surface area contributed by atoms with Crippen LogP contribution in [-0.4, -0.2) is 25.5 Å². The van der Waals surface area contributed by atoms with E-state index < -0.39 is 22.0 Å². The number of benzene rings is 1. The Hall–Kier alpha value is -1.11. The zero-order valence-corrected chi connectivity index (χ0v) is 12.4. The highest BCUT2D eigenvalue weighted by atomic mass is 35.5. The molecule has 0 aliphatic heterocycles. The Balaban J connectivity index is 3.18. The molecule has 0 aliphatic rings. The molecule has 0 fully saturated rings. The molecule has 0 amide bonds. The van der Waals surface area contributed by atoms with Gasteiger partial charge in [-0.1, -0.05) is 31.5 Å². The summed E-state index contributed by atoms with van der Waals surface area (Å²) in [5.74, 6) is -1.58. The topological polar surface area (TPSA) is 83.5 Å². The van der Waals surface area contributed by atoms with E-state index in [1.54, 1.807) is 26.8 Å². The molecule has 0 bridgehead atoms. The van der Waals surface area contributed by atoms with Crippen molar-refractivity contribution in [1.29, 1.82) is 0 Å². The molecular formula is C12H16ClNO4S. The largest absolute Gasteiger partial charge is 0.480 e. The Morgan fingerprint density at radius 1 is 1.37 bits per heavy atom. The third-order valence-corrected chi connectivity index (χ3v) is 4.72. The van der Waals surface area contributed by atoms with Crippen LogP contribution in [0, 0.1) is 12.8 Å². The van der Waals surface area contributed by atoms with Gasteiger partial charge in [-0.3, -0.25) is 4.79 Å². The van der Waals surface area contributed by atoms with E-state index in [2.05, 4.69) is 4.72 Å². The third kappa shape index (κ3) is 3.68. The van der Waals surface area contributed by atoms with Gasteiger partial charge in [0.1, 0.15) is 6.04 Å². The second-order valence-corrected chi connectivity index (χ2v) is 6.63. The molecule has 106 valence electrons. The average molecular weight is 306 g/mol. The molecule has 1 atom stereocenters. The molecule has 0 radical (unpaired) electrons. The minimum atomic E-state index is -3.92. The minimum Gasteiger partial charge on any atom is -0.480 e. The number of nitrogens with one attached hydrogen (secondary N) is 1. The maximum absolute atomic E-state index is 12.2. The van der Waals surface area contributed by atoms with Gasteiger partial charge in [-0.05, 0) is 30.5 Å². The van der Waals surface area contributed by atoms with Gasteiger partial charge in [0.15, 0.2) is 0 Å². The summed E-state index contributed by atoms with van der Waals surface area (Å²) in [6.07, 6.45) is 0. The monoisotopic (exact) mass is 305 g/mol. The van der Waals surface area contributed by atoms with Gasteiger partial charge < -0.3 is 5.11 Å². The van der Waals surface area contributed by atoms with Gasteiger partial charge >= 0.3 is 5.97 Å². The van der Waals surface area contributed by atoms with Crippen molar-refractivity contribution in [2.45, 2.75) is 31.7 Å². The number of sulfonamides is 1. The van der Waals surface area contributed by atoms with Crippen molar-refractivity contribution in [2.75, 3.05) is 0 Å². The highest BCUT2D eigenvalue weighted by Crippen LogP contribution is 2.23. The van der Waals surface area contributed by atoms with E-state index in [-0.39, 0.29) is 10.8 Å². The van der Waals surface area contributed by atoms with E-state index >= 15 is 0 Å². The summed E-state index contributed by atoms with van der Waals surface area (Å²) >= 11 is 5.87. The molecule has 1 rings (SSSR count). The van der Waals surface area contributed by atoms with E-state index in [9.17, 15) is 13.2 Å². The van der Waals surface area contributed by atoms with Crippen molar-refractivity contribution >= 4 is 27.6 Å². The van der Waals surface area contributed by atoms with E-state index in [4.69, 9.17) is 16.7 Å². The Kier molecular flexibility index (Phi) is 4.95. The van der Waals surface area contributed by atoms with E-state index in [0.717, 1.165) is 0 Å². The van der Waals surface area contributed by atoms with Crippen LogP contribution in [0.3, 0.4) is 0 Å². The van der Waals surface area contributed by atoms with Crippen LogP contribution in [0.15, 0.2) is 23.1 Å². The van der Waals surface area contributed by atoms with Crippen molar-refractivity contribution < 1.29 is 18.3 Å². The molecule has 19 heavy (non-hydrogen) atoms. The lowest BCUT2D eigenvalue weighted by atomic mass is 10.1. The number of hydrogen-bond donors (Lipinski definition) is 2. The summed E-state index contributed by atoms with van der Waals surface area (Å²) in [5, 5.41) is 9.34. The number of halogens is 1. The lowest BCUT2D eigenvalue weighted by Gasteiger charge is -2.19. The van der Waals surface area contributed by atoms with Crippen LogP contribution < -0.4 is 4.72 Å². The van der Waals surface area contributed by atoms with Crippen LogP contribution in [0.1, 0.15) is 19.4 Å². The molecule has 0 saturated heterocycles. The predicted octanol–water partition coefficient (Wildman–Crippen LogP) is 2.04. The fourth-order valence-corrected chi connectivity index (χ4v) is 3.42. The minimum absolute atomic E-state index is 0.00750. The number of rotatable bonds is 5. The number of carboxylic acid groups (broad SMARTS) is 1. The van der Waals surface area contributed by atoms with Crippen LogP contribution in [0.4, 0.5) is 0 Å². The van der Waals surface area contributed by atoms with Crippen molar-refractivity contribution in [2.24, 2.45) is 5.92 Å². The van der Waals surface area contributed by atoms with Gasteiger partial charge in [0, 0.05) is 5.02 Å². The van der Waals surface area contributed by atoms with Crippen molar-refractivity contribution in [1.82, 2.24) is 4.72 Å². The lowest BCUT2D eigenvalue weighted by molar-refractivity contribution is -0.140. The normalized spacial score (nSPS) is 13.5. The van der Waals surface area contributed by atoms with Gasteiger partial charge in [-0.25, -0.2) is 8.42 Å². The first-order chi connectivity index (χ1) is 8.66. The first-order valence-electron chi connectivity index (χ1n) is 5.67. The maximum Gasteiger partial charge on any atom is 0.322 e. The molecule has 0 aliphatic carbocycles. The van der Waals surface area contributed by atoms with Gasteiger partial charge in [-0.2, -0.15) is 4.72 Å². The van der Waals surface area contributed by atoms with Gasteiger partial charge in [-0.15, -0.1) is 0 Å². The van der Waals surface area contributed by atoms with E-state index in [1.165, 1.54) is 12.1 Å². The summed E-state index contributed by atoms with van der Waals surface area (Å²) in [5.41, 5.74) is 0.393. The van der Waals surface area contributed by atoms with Gasteiger partial charge in [0.2, 0.25) is 10.0 Å². The smallest absolute Gasteiger partial charge is 0.322 e. The standard InChI is InChI=1S/C12H16ClNO4S/c1-7(2)11(12(15)16)14-19(17,18)10-6-4-5-9(13)8(10)3/h4-7,11,14H,1-3H3,(H,15,16)/t11-/m1/s1. The molecule has 2 N–H and O–H groups in total. The fraction of sp³-hybridized carbons (Fsp3) is 0.417. The summed E-state index contributed by atoms with van der Waals surface area (Å²) in [6.45, 7) is 4.83. The summed E-state index contributed by atoms with van der Waals surface area (Å²) < 4.78 is 26.6. The quantitative estimate of drug-likeness (QED) is 0.872. The second kappa shape index (κ2) is 5.90. The highest BCUT2D eigenvalue weighted by molar-refractivity contribution is 7.89. The van der Waals surface area contributed by atoms with E-state index in [1.807, 2.05) is 0 Å². The predicted molar refractivity (Wildman–Crippen MR) is 72.8 cm³/mol. The molecule has 0 unspecified atom stereocenters. The Labute approximate surface area is 117 Å². The molecule has 1 aromatic carbocycles. The molecular weight excluding hydrogens is 290 g/mol. The first-order valence-corrected chi connectivity index (χ1v) is 7.53. The van der Waals surface area contributed by atoms with Crippen LogP contribution in [0.2, 0.25) is 5.02 Å². The molecule has 0 saturated carbocycles. The van der Waals surface area contributed by atoms with Crippen LogP contribution in [0.25, 0.3) is 0 Å². The molecule has 7 heteroatoms. The molecule has 0 aromatic heterocycles. The number of hydrogen-bond acceptors (Lipinski definition) is 3. The lowest BCUT2D eigenvalue weighted by Crippen LogP contribution is -2.44. The average Bonchev–Trinajstić information content (AvgIpc) is 2.28. The van der Waals surface area contributed by atoms with Gasteiger partial charge in [0.25, 0.3) is 0 Å².